The Morgan fingerprint density at radius 3 is 2.72 bits per heavy atom. The van der Waals surface area contributed by atoms with Crippen LogP contribution < -0.4 is 5.32 Å². The number of carboxylic acid groups (broad SMARTS) is 1. The first-order valence-corrected chi connectivity index (χ1v) is 7.16. The van der Waals surface area contributed by atoms with Gasteiger partial charge < -0.3 is 10.4 Å². The molecule has 2 N–H and O–H groups in total. The number of aryl methyl sites for hydroxylation is 1. The molecule has 100 valence electrons. The van der Waals surface area contributed by atoms with Gasteiger partial charge in [0.25, 0.3) is 0 Å². The summed E-state index contributed by atoms with van der Waals surface area (Å²) in [4.78, 5) is 12.3. The van der Waals surface area contributed by atoms with Gasteiger partial charge in [-0.05, 0) is 25.5 Å². The molecule has 0 amide bonds. The lowest BCUT2D eigenvalue weighted by molar-refractivity contribution is -0.139. The number of thioether (sulfide) groups is 1. The van der Waals surface area contributed by atoms with Gasteiger partial charge >= 0.3 is 5.97 Å². The molecule has 18 heavy (non-hydrogen) atoms. The van der Waals surface area contributed by atoms with Crippen LogP contribution in [0, 0.1) is 6.92 Å². The Morgan fingerprint density at radius 2 is 2.17 bits per heavy atom. The van der Waals surface area contributed by atoms with Gasteiger partial charge in [-0.3, -0.25) is 4.79 Å². The third-order valence-electron chi connectivity index (χ3n) is 2.50. The van der Waals surface area contributed by atoms with Crippen molar-refractivity contribution in [2.24, 2.45) is 0 Å². The molecule has 0 aliphatic heterocycles. The first-order chi connectivity index (χ1) is 8.49. The van der Waals surface area contributed by atoms with Crippen molar-refractivity contribution in [3.8, 4) is 0 Å². The zero-order valence-corrected chi connectivity index (χ0v) is 12.0. The lowest BCUT2D eigenvalue weighted by atomic mass is 10.2. The Kier molecular flexibility index (Phi) is 6.22. The number of rotatable bonds is 7. The van der Waals surface area contributed by atoms with Gasteiger partial charge in [-0.2, -0.15) is 0 Å². The van der Waals surface area contributed by atoms with Crippen molar-refractivity contribution in [2.75, 3.05) is 5.75 Å². The summed E-state index contributed by atoms with van der Waals surface area (Å²) in [7, 11) is 0. The Hall–Kier alpha value is -1.00. The van der Waals surface area contributed by atoms with Crippen molar-refractivity contribution in [1.29, 1.82) is 0 Å². The fraction of sp³-hybridized carbons (Fsp3) is 0.500. The van der Waals surface area contributed by atoms with E-state index in [2.05, 4.69) is 30.4 Å². The van der Waals surface area contributed by atoms with E-state index in [1.54, 1.807) is 11.8 Å². The van der Waals surface area contributed by atoms with E-state index in [-0.39, 0.29) is 6.04 Å². The first kappa shape index (κ1) is 15.1. The standard InChI is InChI=1S/C14H21NO2S/c1-10(2)15-13(14(16)17)7-8-18-12-6-4-5-11(3)9-12/h4-6,9-10,13,15H,7-8H2,1-3H3,(H,16,17). The van der Waals surface area contributed by atoms with Gasteiger partial charge in [0, 0.05) is 16.7 Å². The average Bonchev–Trinajstić information content (AvgIpc) is 2.27. The maximum absolute atomic E-state index is 11.1. The molecule has 0 saturated carbocycles. The highest BCUT2D eigenvalue weighted by Crippen LogP contribution is 2.20. The van der Waals surface area contributed by atoms with Crippen LogP contribution in [0.2, 0.25) is 0 Å². The van der Waals surface area contributed by atoms with Crippen molar-refractivity contribution in [1.82, 2.24) is 5.32 Å². The summed E-state index contributed by atoms with van der Waals surface area (Å²) in [5.41, 5.74) is 1.23. The Balaban J connectivity index is 2.41. The van der Waals surface area contributed by atoms with E-state index in [0.717, 1.165) is 5.75 Å². The predicted molar refractivity (Wildman–Crippen MR) is 76.2 cm³/mol. The van der Waals surface area contributed by atoms with E-state index in [1.165, 1.54) is 10.5 Å². The molecule has 0 aromatic heterocycles. The lowest BCUT2D eigenvalue weighted by Gasteiger charge is -2.16. The second kappa shape index (κ2) is 7.44. The Morgan fingerprint density at radius 1 is 1.44 bits per heavy atom. The predicted octanol–water partition coefficient (Wildman–Crippen LogP) is 2.93. The van der Waals surface area contributed by atoms with Gasteiger partial charge in [0.15, 0.2) is 0 Å². The van der Waals surface area contributed by atoms with Crippen LogP contribution in [0.5, 0.6) is 0 Å². The van der Waals surface area contributed by atoms with E-state index in [0.29, 0.717) is 6.42 Å². The summed E-state index contributed by atoms with van der Waals surface area (Å²) in [5, 5.41) is 12.2. The van der Waals surface area contributed by atoms with Crippen LogP contribution in [0.3, 0.4) is 0 Å². The minimum absolute atomic E-state index is 0.190. The summed E-state index contributed by atoms with van der Waals surface area (Å²) >= 11 is 1.70. The molecule has 1 aromatic rings. The fourth-order valence-electron chi connectivity index (χ4n) is 1.68. The quantitative estimate of drug-likeness (QED) is 0.746. The zero-order valence-electron chi connectivity index (χ0n) is 11.1. The number of nitrogens with one attached hydrogen (secondary N) is 1. The van der Waals surface area contributed by atoms with Crippen LogP contribution >= 0.6 is 11.8 Å². The molecule has 0 heterocycles. The van der Waals surface area contributed by atoms with Gasteiger partial charge in [0.2, 0.25) is 0 Å². The Labute approximate surface area is 113 Å². The Bertz CT molecular complexity index is 393. The molecule has 1 atom stereocenters. The summed E-state index contributed by atoms with van der Waals surface area (Å²) in [6.45, 7) is 5.98. The molecule has 0 radical (unpaired) electrons. The number of aliphatic carboxylic acids is 1. The summed E-state index contributed by atoms with van der Waals surface area (Å²) in [6.07, 6.45) is 0.631. The van der Waals surface area contributed by atoms with E-state index >= 15 is 0 Å². The molecular weight excluding hydrogens is 246 g/mol. The highest BCUT2D eigenvalue weighted by Gasteiger charge is 2.17. The van der Waals surface area contributed by atoms with Gasteiger partial charge in [0.05, 0.1) is 0 Å². The fourth-order valence-corrected chi connectivity index (χ4v) is 2.71. The molecular formula is C14H21NO2S. The zero-order chi connectivity index (χ0) is 13.5. The molecule has 1 rings (SSSR count). The number of carboxylic acids is 1. The van der Waals surface area contributed by atoms with E-state index in [9.17, 15) is 4.79 Å². The van der Waals surface area contributed by atoms with Crippen LogP contribution in [-0.2, 0) is 4.79 Å². The normalized spacial score (nSPS) is 12.7. The smallest absolute Gasteiger partial charge is 0.320 e. The molecule has 0 saturated heterocycles. The van der Waals surface area contributed by atoms with Crippen LogP contribution in [-0.4, -0.2) is 28.9 Å². The van der Waals surface area contributed by atoms with Crippen molar-refractivity contribution >= 4 is 17.7 Å². The first-order valence-electron chi connectivity index (χ1n) is 6.17. The molecule has 4 heteroatoms. The largest absolute Gasteiger partial charge is 0.480 e. The minimum atomic E-state index is -0.770. The summed E-state index contributed by atoms with van der Waals surface area (Å²) in [6, 6.07) is 8.00. The summed E-state index contributed by atoms with van der Waals surface area (Å²) < 4.78 is 0. The van der Waals surface area contributed by atoms with Crippen molar-refractivity contribution in [3.63, 3.8) is 0 Å². The second-order valence-corrected chi connectivity index (χ2v) is 5.83. The van der Waals surface area contributed by atoms with Crippen LogP contribution in [0.4, 0.5) is 0 Å². The van der Waals surface area contributed by atoms with E-state index < -0.39 is 12.0 Å². The average molecular weight is 267 g/mol. The molecule has 1 aromatic carbocycles. The monoisotopic (exact) mass is 267 g/mol. The summed E-state index contributed by atoms with van der Waals surface area (Å²) in [5.74, 6) is 0.0358. The lowest BCUT2D eigenvalue weighted by Crippen LogP contribution is -2.41. The van der Waals surface area contributed by atoms with Crippen LogP contribution in [0.15, 0.2) is 29.2 Å². The number of hydrogen-bond acceptors (Lipinski definition) is 3. The highest BCUT2D eigenvalue weighted by molar-refractivity contribution is 7.99. The molecule has 0 aliphatic rings. The number of carbonyl (C=O) groups is 1. The van der Waals surface area contributed by atoms with E-state index in [4.69, 9.17) is 5.11 Å². The third kappa shape index (κ3) is 5.56. The van der Waals surface area contributed by atoms with Crippen molar-refractivity contribution < 1.29 is 9.90 Å². The topological polar surface area (TPSA) is 49.3 Å². The van der Waals surface area contributed by atoms with Crippen LogP contribution in [0.25, 0.3) is 0 Å². The SMILES string of the molecule is Cc1cccc(SCCC(NC(C)C)C(=O)O)c1. The van der Waals surface area contributed by atoms with Crippen molar-refractivity contribution in [3.05, 3.63) is 29.8 Å². The molecule has 0 fully saturated rings. The van der Waals surface area contributed by atoms with Crippen LogP contribution in [0.1, 0.15) is 25.8 Å². The molecule has 0 bridgehead atoms. The minimum Gasteiger partial charge on any atom is -0.480 e. The maximum atomic E-state index is 11.1. The highest BCUT2D eigenvalue weighted by atomic mass is 32.2. The van der Waals surface area contributed by atoms with Gasteiger partial charge in [-0.25, -0.2) is 0 Å². The van der Waals surface area contributed by atoms with Gasteiger partial charge in [-0.15, -0.1) is 11.8 Å². The third-order valence-corrected chi connectivity index (χ3v) is 3.52. The number of benzene rings is 1. The molecule has 1 unspecified atom stereocenters. The molecule has 0 spiro atoms. The van der Waals surface area contributed by atoms with Gasteiger partial charge in [0.1, 0.15) is 6.04 Å². The maximum Gasteiger partial charge on any atom is 0.320 e. The molecule has 3 nitrogen and oxygen atoms in total. The number of hydrogen-bond donors (Lipinski definition) is 2. The van der Waals surface area contributed by atoms with E-state index in [1.807, 2.05) is 19.9 Å². The van der Waals surface area contributed by atoms with Gasteiger partial charge in [-0.1, -0.05) is 31.5 Å². The molecule has 0 aliphatic carbocycles. The van der Waals surface area contributed by atoms with Crippen molar-refractivity contribution in [2.45, 2.75) is 44.2 Å². The second-order valence-electron chi connectivity index (χ2n) is 4.67.